The molecule has 0 radical (unpaired) electrons. The van der Waals surface area contributed by atoms with Gasteiger partial charge in [-0.25, -0.2) is 0 Å². The molecule has 1 heterocycles. The van der Waals surface area contributed by atoms with Crippen LogP contribution in [0, 0.1) is 13.8 Å². The number of aromatic nitrogens is 1. The summed E-state index contributed by atoms with van der Waals surface area (Å²) in [5.74, 6) is 0.404. The van der Waals surface area contributed by atoms with Gasteiger partial charge in [-0.15, -0.1) is 11.3 Å². The van der Waals surface area contributed by atoms with Crippen LogP contribution in [0.1, 0.15) is 20.8 Å². The smallest absolute Gasteiger partial charge is 0.279 e. The van der Waals surface area contributed by atoms with Gasteiger partial charge in [0.05, 0.1) is 17.3 Å². The first kappa shape index (κ1) is 18.6. The Kier molecular flexibility index (Phi) is 5.44. The maximum absolute atomic E-state index is 12.6. The topological polar surface area (TPSA) is 43.6 Å². The van der Waals surface area contributed by atoms with E-state index >= 15 is 0 Å². The van der Waals surface area contributed by atoms with Crippen LogP contribution in [0.4, 0.5) is 0 Å². The van der Waals surface area contributed by atoms with Crippen LogP contribution in [-0.4, -0.2) is 17.6 Å². The van der Waals surface area contributed by atoms with Gasteiger partial charge < -0.3 is 9.30 Å². The van der Waals surface area contributed by atoms with Gasteiger partial charge in [-0.2, -0.15) is 4.99 Å². The van der Waals surface area contributed by atoms with E-state index < -0.39 is 0 Å². The lowest BCUT2D eigenvalue weighted by molar-refractivity contribution is 0.0998. The average molecular weight is 431 g/mol. The molecule has 1 aromatic heterocycles. The monoisotopic (exact) mass is 430 g/mol. The van der Waals surface area contributed by atoms with Crippen LogP contribution in [0.25, 0.3) is 11.3 Å². The van der Waals surface area contributed by atoms with E-state index in [1.807, 2.05) is 18.5 Å². The molecule has 6 heteroatoms. The van der Waals surface area contributed by atoms with E-state index in [9.17, 15) is 4.79 Å². The first-order valence-corrected chi connectivity index (χ1v) is 9.67. The van der Waals surface area contributed by atoms with Crippen molar-refractivity contribution in [2.24, 2.45) is 12.0 Å². The van der Waals surface area contributed by atoms with Crippen molar-refractivity contribution in [3.8, 4) is 17.0 Å². The Morgan fingerprint density at radius 1 is 1.15 bits per heavy atom. The molecule has 3 rings (SSSR count). The van der Waals surface area contributed by atoms with Crippen LogP contribution >= 0.6 is 27.3 Å². The summed E-state index contributed by atoms with van der Waals surface area (Å²) in [6.07, 6.45) is 0. The number of amides is 1. The summed E-state index contributed by atoms with van der Waals surface area (Å²) in [6.45, 7) is 4.12. The van der Waals surface area contributed by atoms with E-state index in [0.717, 1.165) is 20.6 Å². The van der Waals surface area contributed by atoms with E-state index in [2.05, 4.69) is 52.1 Å². The normalized spacial score (nSPS) is 11.7. The minimum atomic E-state index is -0.277. The third kappa shape index (κ3) is 3.66. The number of aryl methyl sites for hydroxylation is 2. The zero-order valence-electron chi connectivity index (χ0n) is 15.0. The molecule has 0 fully saturated rings. The Morgan fingerprint density at radius 2 is 1.85 bits per heavy atom. The quantitative estimate of drug-likeness (QED) is 0.593. The summed E-state index contributed by atoms with van der Waals surface area (Å²) in [4.78, 5) is 18.7. The molecule has 0 bridgehead atoms. The van der Waals surface area contributed by atoms with Gasteiger partial charge in [-0.05, 0) is 53.5 Å². The number of hydrogen-bond acceptors (Lipinski definition) is 3. The van der Waals surface area contributed by atoms with E-state index in [1.54, 1.807) is 25.3 Å². The fraction of sp³-hybridized carbons (Fsp3) is 0.200. The molecule has 0 unspecified atom stereocenters. The molecule has 0 saturated carbocycles. The molecule has 0 N–H and O–H groups in total. The highest BCUT2D eigenvalue weighted by Gasteiger charge is 2.12. The Morgan fingerprint density at radius 3 is 2.46 bits per heavy atom. The van der Waals surface area contributed by atoms with Crippen molar-refractivity contribution in [3.63, 3.8) is 0 Å². The second-order valence-corrected chi connectivity index (χ2v) is 8.02. The van der Waals surface area contributed by atoms with E-state index in [4.69, 9.17) is 4.74 Å². The summed E-state index contributed by atoms with van der Waals surface area (Å²) in [6, 6.07) is 13.6. The van der Waals surface area contributed by atoms with Gasteiger partial charge in [0.15, 0.2) is 4.80 Å². The molecule has 2 aromatic carbocycles. The van der Waals surface area contributed by atoms with Crippen LogP contribution in [0.3, 0.4) is 0 Å². The highest BCUT2D eigenvalue weighted by Crippen LogP contribution is 2.26. The SMILES string of the molecule is COc1ccc(C(=O)N=c2sc(C)c(-c3ccc(C)cc3)n2C)cc1Br. The summed E-state index contributed by atoms with van der Waals surface area (Å²) < 4.78 is 7.91. The van der Waals surface area contributed by atoms with E-state index in [-0.39, 0.29) is 5.91 Å². The first-order valence-electron chi connectivity index (χ1n) is 8.06. The molecule has 134 valence electrons. The van der Waals surface area contributed by atoms with Crippen molar-refractivity contribution in [1.82, 2.24) is 4.57 Å². The predicted octanol–water partition coefficient (Wildman–Crippen LogP) is 4.88. The zero-order valence-corrected chi connectivity index (χ0v) is 17.4. The van der Waals surface area contributed by atoms with Gasteiger partial charge in [0, 0.05) is 17.5 Å². The molecular formula is C20H19BrN2O2S. The number of halogens is 1. The summed E-state index contributed by atoms with van der Waals surface area (Å²) >= 11 is 4.92. The number of hydrogen-bond donors (Lipinski definition) is 0. The van der Waals surface area contributed by atoms with Crippen molar-refractivity contribution >= 4 is 33.2 Å². The minimum absolute atomic E-state index is 0.277. The molecule has 0 aliphatic carbocycles. The molecule has 1 amide bonds. The number of rotatable bonds is 3. The number of ether oxygens (including phenoxy) is 1. The summed E-state index contributed by atoms with van der Waals surface area (Å²) in [5, 5.41) is 0. The van der Waals surface area contributed by atoms with Gasteiger partial charge in [-0.1, -0.05) is 29.8 Å². The summed E-state index contributed by atoms with van der Waals surface area (Å²) in [5.41, 5.74) is 3.93. The summed E-state index contributed by atoms with van der Waals surface area (Å²) in [7, 11) is 3.53. The van der Waals surface area contributed by atoms with Gasteiger partial charge in [0.2, 0.25) is 0 Å². The molecular weight excluding hydrogens is 412 g/mol. The van der Waals surface area contributed by atoms with Crippen molar-refractivity contribution in [3.05, 3.63) is 67.7 Å². The Balaban J connectivity index is 2.02. The van der Waals surface area contributed by atoms with Crippen LogP contribution < -0.4 is 9.54 Å². The van der Waals surface area contributed by atoms with Crippen LogP contribution in [0.5, 0.6) is 5.75 Å². The third-order valence-corrected chi connectivity index (χ3v) is 5.79. The Bertz CT molecular complexity index is 1030. The second kappa shape index (κ2) is 7.60. The molecule has 4 nitrogen and oxygen atoms in total. The largest absolute Gasteiger partial charge is 0.496 e. The maximum atomic E-state index is 12.6. The molecule has 0 saturated heterocycles. The average Bonchev–Trinajstić information content (AvgIpc) is 2.89. The number of benzene rings is 2. The van der Waals surface area contributed by atoms with Gasteiger partial charge >= 0.3 is 0 Å². The number of thiazole rings is 1. The lowest BCUT2D eigenvalue weighted by Crippen LogP contribution is -2.14. The molecule has 0 spiro atoms. The highest BCUT2D eigenvalue weighted by atomic mass is 79.9. The number of carbonyl (C=O) groups excluding carboxylic acids is 1. The van der Waals surface area contributed by atoms with Crippen LogP contribution in [0.15, 0.2) is 51.9 Å². The zero-order chi connectivity index (χ0) is 18.8. The first-order chi connectivity index (χ1) is 12.4. The van der Waals surface area contributed by atoms with E-state index in [1.165, 1.54) is 16.9 Å². The lowest BCUT2D eigenvalue weighted by atomic mass is 10.1. The van der Waals surface area contributed by atoms with Crippen molar-refractivity contribution in [2.75, 3.05) is 7.11 Å². The van der Waals surface area contributed by atoms with Crippen molar-refractivity contribution in [2.45, 2.75) is 13.8 Å². The molecule has 0 aliphatic heterocycles. The molecule has 3 aromatic rings. The molecule has 26 heavy (non-hydrogen) atoms. The van der Waals surface area contributed by atoms with Crippen LogP contribution in [0.2, 0.25) is 0 Å². The minimum Gasteiger partial charge on any atom is -0.496 e. The fourth-order valence-corrected chi connectivity index (χ4v) is 4.27. The van der Waals surface area contributed by atoms with Gasteiger partial charge in [0.25, 0.3) is 5.91 Å². The van der Waals surface area contributed by atoms with Crippen LogP contribution in [-0.2, 0) is 7.05 Å². The lowest BCUT2D eigenvalue weighted by Gasteiger charge is -2.05. The van der Waals surface area contributed by atoms with Crippen molar-refractivity contribution in [1.29, 1.82) is 0 Å². The van der Waals surface area contributed by atoms with E-state index in [0.29, 0.717) is 16.1 Å². The van der Waals surface area contributed by atoms with Gasteiger partial charge in [-0.3, -0.25) is 4.79 Å². The molecule has 0 atom stereocenters. The maximum Gasteiger partial charge on any atom is 0.279 e. The van der Waals surface area contributed by atoms with Crippen molar-refractivity contribution < 1.29 is 9.53 Å². The number of carbonyl (C=O) groups is 1. The van der Waals surface area contributed by atoms with Gasteiger partial charge in [0.1, 0.15) is 5.75 Å². The fourth-order valence-electron chi connectivity index (χ4n) is 2.74. The number of methoxy groups -OCH3 is 1. The standard InChI is InChI=1S/C20H19BrN2O2S/c1-12-5-7-14(8-6-12)18-13(2)26-20(23(18)3)22-19(24)15-9-10-17(25-4)16(21)11-15/h5-11H,1-4H3. The second-order valence-electron chi connectivity index (χ2n) is 5.98. The highest BCUT2D eigenvalue weighted by molar-refractivity contribution is 9.10. The Labute approximate surface area is 164 Å². The predicted molar refractivity (Wildman–Crippen MR) is 109 cm³/mol. The third-order valence-electron chi connectivity index (χ3n) is 4.12. The molecule has 0 aliphatic rings. The Hall–Kier alpha value is -2.18. The number of nitrogens with zero attached hydrogens (tertiary/aromatic N) is 2.